The fourth-order valence-corrected chi connectivity index (χ4v) is 2.32. The number of hydrogen-bond acceptors (Lipinski definition) is 3. The number of para-hydroxylation sites is 2. The van der Waals surface area contributed by atoms with E-state index < -0.39 is 11.0 Å². The maximum Gasteiger partial charge on any atom is 0.299 e. The third kappa shape index (κ3) is 1.64. The van der Waals surface area contributed by atoms with Crippen molar-refractivity contribution in [1.82, 2.24) is 4.98 Å². The van der Waals surface area contributed by atoms with E-state index in [1.807, 2.05) is 30.3 Å². The van der Waals surface area contributed by atoms with Crippen LogP contribution in [0.15, 0.2) is 42.5 Å². The summed E-state index contributed by atoms with van der Waals surface area (Å²) in [6.07, 6.45) is 0. The molecule has 2 aromatic carbocycles. The largest absolute Gasteiger partial charge is 0.382 e. The SMILES string of the molecule is O=[SH](=O)Oc1cccc2c1[nH]c1ccccc12. The number of fused-ring (bicyclic) bond motifs is 3. The second kappa shape index (κ2) is 3.78. The van der Waals surface area contributed by atoms with E-state index in [2.05, 4.69) is 4.98 Å². The van der Waals surface area contributed by atoms with Crippen molar-refractivity contribution >= 4 is 32.8 Å². The Morgan fingerprint density at radius 3 is 2.53 bits per heavy atom. The molecule has 0 saturated carbocycles. The molecule has 0 saturated heterocycles. The zero-order valence-corrected chi connectivity index (χ0v) is 9.61. The summed E-state index contributed by atoms with van der Waals surface area (Å²) >= 11 is 0. The van der Waals surface area contributed by atoms with Gasteiger partial charge in [-0.15, -0.1) is 0 Å². The van der Waals surface area contributed by atoms with Crippen LogP contribution in [0.3, 0.4) is 0 Å². The summed E-state index contributed by atoms with van der Waals surface area (Å²) in [6.45, 7) is 0. The molecule has 1 heterocycles. The minimum atomic E-state index is -2.90. The van der Waals surface area contributed by atoms with Crippen molar-refractivity contribution in [3.05, 3.63) is 42.5 Å². The Morgan fingerprint density at radius 1 is 0.941 bits per heavy atom. The van der Waals surface area contributed by atoms with Crippen LogP contribution in [0.25, 0.3) is 21.8 Å². The van der Waals surface area contributed by atoms with Crippen LogP contribution < -0.4 is 4.18 Å². The highest BCUT2D eigenvalue weighted by Gasteiger charge is 2.08. The molecular weight excluding hydrogens is 238 g/mol. The lowest BCUT2D eigenvalue weighted by molar-refractivity contribution is 0.513. The molecule has 0 aliphatic heterocycles. The first kappa shape index (κ1) is 10.2. The fourth-order valence-electron chi connectivity index (χ4n) is 2.00. The molecular formula is C12H9NO3S. The molecule has 0 unspecified atom stereocenters. The van der Waals surface area contributed by atoms with Crippen LogP contribution in [0.4, 0.5) is 0 Å². The lowest BCUT2D eigenvalue weighted by atomic mass is 10.1. The number of thiol groups is 1. The zero-order chi connectivity index (χ0) is 11.8. The van der Waals surface area contributed by atoms with E-state index in [0.29, 0.717) is 11.3 Å². The Bertz CT molecular complexity index is 766. The van der Waals surface area contributed by atoms with Gasteiger partial charge in [0.2, 0.25) is 0 Å². The highest BCUT2D eigenvalue weighted by molar-refractivity contribution is 7.67. The third-order valence-corrected chi connectivity index (χ3v) is 3.02. The second-order valence-corrected chi connectivity index (χ2v) is 4.29. The summed E-state index contributed by atoms with van der Waals surface area (Å²) < 4.78 is 26.0. The molecule has 86 valence electrons. The van der Waals surface area contributed by atoms with Crippen molar-refractivity contribution < 1.29 is 12.6 Å². The lowest BCUT2D eigenvalue weighted by Gasteiger charge is -1.98. The van der Waals surface area contributed by atoms with Gasteiger partial charge in [0, 0.05) is 16.3 Å². The first-order valence-corrected chi connectivity index (χ1v) is 6.17. The standard InChI is InChI=1S/C12H9NO3S/c14-17(15)16-11-7-3-5-9-8-4-1-2-6-10(8)13-12(9)11/h1-7,13,17H. The van der Waals surface area contributed by atoms with Gasteiger partial charge >= 0.3 is 0 Å². The highest BCUT2D eigenvalue weighted by Crippen LogP contribution is 2.31. The number of aromatic nitrogens is 1. The average molecular weight is 247 g/mol. The molecule has 0 aliphatic rings. The molecule has 3 rings (SSSR count). The number of rotatable bonds is 2. The lowest BCUT2D eigenvalue weighted by Crippen LogP contribution is -1.90. The molecule has 17 heavy (non-hydrogen) atoms. The number of hydrogen-bond donors (Lipinski definition) is 2. The van der Waals surface area contributed by atoms with E-state index in [4.69, 9.17) is 4.18 Å². The first-order chi connectivity index (χ1) is 8.25. The maximum absolute atomic E-state index is 10.6. The Balaban J connectivity index is 2.39. The van der Waals surface area contributed by atoms with Gasteiger partial charge in [0.1, 0.15) is 0 Å². The van der Waals surface area contributed by atoms with Crippen LogP contribution in [0.5, 0.6) is 5.75 Å². The average Bonchev–Trinajstić information content (AvgIpc) is 2.68. The van der Waals surface area contributed by atoms with Crippen molar-refractivity contribution in [3.63, 3.8) is 0 Å². The van der Waals surface area contributed by atoms with Crippen molar-refractivity contribution in [2.45, 2.75) is 0 Å². The Labute approximate surface area is 99.0 Å². The van der Waals surface area contributed by atoms with E-state index in [9.17, 15) is 8.42 Å². The van der Waals surface area contributed by atoms with Crippen LogP contribution in [0.2, 0.25) is 0 Å². The summed E-state index contributed by atoms with van der Waals surface area (Å²) in [7, 11) is -2.90. The third-order valence-electron chi connectivity index (χ3n) is 2.68. The number of benzene rings is 2. The Hall–Kier alpha value is -2.01. The smallest absolute Gasteiger partial charge is 0.299 e. The molecule has 0 bridgehead atoms. The van der Waals surface area contributed by atoms with Gasteiger partial charge in [-0.2, -0.15) is 8.42 Å². The van der Waals surface area contributed by atoms with Crippen molar-refractivity contribution in [2.24, 2.45) is 0 Å². The van der Waals surface area contributed by atoms with Crippen LogP contribution in [0, 0.1) is 0 Å². The van der Waals surface area contributed by atoms with Gasteiger partial charge in [-0.05, 0) is 12.1 Å². The predicted molar refractivity (Wildman–Crippen MR) is 66.7 cm³/mol. The number of H-pyrrole nitrogens is 1. The molecule has 4 nitrogen and oxygen atoms in total. The van der Waals surface area contributed by atoms with Crippen molar-refractivity contribution in [1.29, 1.82) is 0 Å². The molecule has 3 aromatic rings. The summed E-state index contributed by atoms with van der Waals surface area (Å²) in [5.74, 6) is 0.329. The molecule has 0 aliphatic carbocycles. The quantitative estimate of drug-likeness (QED) is 0.683. The van der Waals surface area contributed by atoms with E-state index in [-0.39, 0.29) is 0 Å². The summed E-state index contributed by atoms with van der Waals surface area (Å²) in [5, 5.41) is 2.00. The van der Waals surface area contributed by atoms with Gasteiger partial charge in [-0.1, -0.05) is 30.3 Å². The second-order valence-electron chi connectivity index (χ2n) is 3.66. The Kier molecular flexibility index (Phi) is 2.26. The molecule has 1 N–H and O–H groups in total. The summed E-state index contributed by atoms with van der Waals surface area (Å²) in [5.41, 5.74) is 1.66. The highest BCUT2D eigenvalue weighted by atomic mass is 32.2. The topological polar surface area (TPSA) is 59.2 Å². The van der Waals surface area contributed by atoms with E-state index in [1.165, 1.54) is 0 Å². The van der Waals surface area contributed by atoms with Gasteiger partial charge in [-0.3, -0.25) is 0 Å². The van der Waals surface area contributed by atoms with Gasteiger partial charge < -0.3 is 9.17 Å². The zero-order valence-electron chi connectivity index (χ0n) is 8.71. The van der Waals surface area contributed by atoms with Crippen molar-refractivity contribution in [3.8, 4) is 5.75 Å². The van der Waals surface area contributed by atoms with Gasteiger partial charge in [0.15, 0.2) is 5.75 Å². The van der Waals surface area contributed by atoms with E-state index in [0.717, 1.165) is 16.3 Å². The predicted octanol–water partition coefficient (Wildman–Crippen LogP) is 2.23. The van der Waals surface area contributed by atoms with Crippen LogP contribution in [-0.2, 0) is 11.0 Å². The van der Waals surface area contributed by atoms with E-state index in [1.54, 1.807) is 12.1 Å². The monoisotopic (exact) mass is 247 g/mol. The van der Waals surface area contributed by atoms with Gasteiger partial charge in [0.25, 0.3) is 11.0 Å². The molecule has 1 aromatic heterocycles. The maximum atomic E-state index is 10.6. The number of nitrogens with one attached hydrogen (secondary N) is 1. The van der Waals surface area contributed by atoms with Gasteiger partial charge in [0.05, 0.1) is 5.52 Å². The number of aromatic amines is 1. The van der Waals surface area contributed by atoms with Crippen molar-refractivity contribution in [2.75, 3.05) is 0 Å². The normalized spacial score (nSPS) is 11.4. The fraction of sp³-hybridized carbons (Fsp3) is 0. The first-order valence-electron chi connectivity index (χ1n) is 5.07. The van der Waals surface area contributed by atoms with Gasteiger partial charge in [-0.25, -0.2) is 0 Å². The molecule has 5 heteroatoms. The molecule has 0 amide bonds. The molecule has 0 fully saturated rings. The molecule has 0 atom stereocenters. The summed E-state index contributed by atoms with van der Waals surface area (Å²) in [4.78, 5) is 3.16. The van der Waals surface area contributed by atoms with Crippen LogP contribution >= 0.6 is 0 Å². The van der Waals surface area contributed by atoms with E-state index >= 15 is 0 Å². The summed E-state index contributed by atoms with van der Waals surface area (Å²) in [6, 6.07) is 13.1. The molecule has 0 radical (unpaired) electrons. The molecule has 0 spiro atoms. The Morgan fingerprint density at radius 2 is 1.71 bits per heavy atom. The minimum absolute atomic E-state index is 0.329. The minimum Gasteiger partial charge on any atom is -0.382 e. The van der Waals surface area contributed by atoms with Crippen LogP contribution in [-0.4, -0.2) is 13.4 Å². The van der Waals surface area contributed by atoms with Crippen LogP contribution in [0.1, 0.15) is 0 Å².